The Bertz CT molecular complexity index is 281. The van der Waals surface area contributed by atoms with Gasteiger partial charge >= 0.3 is 0 Å². The van der Waals surface area contributed by atoms with Gasteiger partial charge in [0, 0.05) is 20.4 Å². The zero-order chi connectivity index (χ0) is 10.1. The van der Waals surface area contributed by atoms with Gasteiger partial charge in [0.15, 0.2) is 0 Å². The molecule has 0 bridgehead atoms. The van der Waals surface area contributed by atoms with Crippen LogP contribution < -0.4 is 0 Å². The number of hydrogen-bond acceptors (Lipinski definition) is 3. The topological polar surface area (TPSA) is 47.3 Å². The first-order chi connectivity index (χ1) is 5.99. The van der Waals surface area contributed by atoms with E-state index in [0.717, 1.165) is 5.69 Å². The number of hydrogen-bond donors (Lipinski definition) is 1. The van der Waals surface area contributed by atoms with E-state index in [2.05, 4.69) is 5.10 Å². The third-order valence-electron chi connectivity index (χ3n) is 2.32. The summed E-state index contributed by atoms with van der Waals surface area (Å²) >= 11 is 0. The first-order valence-corrected chi connectivity index (χ1v) is 4.20. The van der Waals surface area contributed by atoms with Crippen molar-refractivity contribution in [1.82, 2.24) is 9.78 Å². The zero-order valence-electron chi connectivity index (χ0n) is 8.48. The normalized spacial score (nSPS) is 14.5. The van der Waals surface area contributed by atoms with Gasteiger partial charge in [-0.3, -0.25) is 4.68 Å². The summed E-state index contributed by atoms with van der Waals surface area (Å²) in [5.41, 5.74) is 0.167. The quantitative estimate of drug-likeness (QED) is 0.758. The summed E-state index contributed by atoms with van der Waals surface area (Å²) in [6, 6.07) is 1.78. The van der Waals surface area contributed by atoms with E-state index in [-0.39, 0.29) is 0 Å². The third kappa shape index (κ3) is 1.89. The van der Waals surface area contributed by atoms with Gasteiger partial charge in [0.1, 0.15) is 6.10 Å². The zero-order valence-corrected chi connectivity index (χ0v) is 8.48. The molecule has 1 unspecified atom stereocenters. The number of ether oxygens (including phenoxy) is 1. The maximum absolute atomic E-state index is 9.93. The number of aliphatic hydroxyl groups is 1. The van der Waals surface area contributed by atoms with Crippen molar-refractivity contribution in [2.45, 2.75) is 25.6 Å². The fraction of sp³-hybridized carbons (Fsp3) is 0.667. The minimum atomic E-state index is -0.662. The molecule has 13 heavy (non-hydrogen) atoms. The third-order valence-corrected chi connectivity index (χ3v) is 2.32. The molecule has 1 aromatic heterocycles. The highest BCUT2D eigenvalue weighted by Crippen LogP contribution is 2.27. The minimum Gasteiger partial charge on any atom is -0.384 e. The number of methoxy groups -OCH3 is 1. The Kier molecular flexibility index (Phi) is 2.73. The smallest absolute Gasteiger partial charge is 0.124 e. The van der Waals surface area contributed by atoms with E-state index in [0.29, 0.717) is 0 Å². The van der Waals surface area contributed by atoms with E-state index in [1.165, 1.54) is 0 Å². The van der Waals surface area contributed by atoms with Gasteiger partial charge in [-0.15, -0.1) is 0 Å². The lowest BCUT2D eigenvalue weighted by Crippen LogP contribution is -2.32. The van der Waals surface area contributed by atoms with Gasteiger partial charge in [-0.2, -0.15) is 5.10 Å². The van der Waals surface area contributed by atoms with E-state index in [4.69, 9.17) is 4.74 Å². The standard InChI is InChI=1S/C9H16N2O2/c1-9(2,13-4)8(12)7-5-6-10-11(7)3/h5-6,8,12H,1-4H3. The molecular weight excluding hydrogens is 168 g/mol. The largest absolute Gasteiger partial charge is 0.384 e. The maximum Gasteiger partial charge on any atom is 0.124 e. The van der Waals surface area contributed by atoms with Crippen LogP contribution in [0.25, 0.3) is 0 Å². The first kappa shape index (κ1) is 10.2. The Morgan fingerprint density at radius 2 is 2.23 bits per heavy atom. The molecule has 1 rings (SSSR count). The van der Waals surface area contributed by atoms with Crippen molar-refractivity contribution in [3.8, 4) is 0 Å². The van der Waals surface area contributed by atoms with Gasteiger partial charge < -0.3 is 9.84 Å². The summed E-state index contributed by atoms with van der Waals surface area (Å²) < 4.78 is 6.83. The average Bonchev–Trinajstić information content (AvgIpc) is 2.50. The Morgan fingerprint density at radius 3 is 2.62 bits per heavy atom. The Hall–Kier alpha value is -0.870. The second-order valence-corrected chi connectivity index (χ2v) is 3.59. The van der Waals surface area contributed by atoms with Crippen LogP contribution in [0.15, 0.2) is 12.3 Å². The highest BCUT2D eigenvalue weighted by Gasteiger charge is 2.30. The van der Waals surface area contributed by atoms with E-state index in [9.17, 15) is 5.11 Å². The summed E-state index contributed by atoms with van der Waals surface area (Å²) in [6.07, 6.45) is 0.995. The molecule has 4 heteroatoms. The predicted molar refractivity (Wildman–Crippen MR) is 49.3 cm³/mol. The molecule has 0 saturated heterocycles. The summed E-state index contributed by atoms with van der Waals surface area (Å²) in [7, 11) is 3.38. The molecule has 0 aromatic carbocycles. The molecule has 4 nitrogen and oxygen atoms in total. The molecule has 0 spiro atoms. The number of aliphatic hydroxyl groups excluding tert-OH is 1. The van der Waals surface area contributed by atoms with Crippen molar-refractivity contribution in [3.05, 3.63) is 18.0 Å². The van der Waals surface area contributed by atoms with Crippen LogP contribution >= 0.6 is 0 Å². The van der Waals surface area contributed by atoms with Crippen LogP contribution in [0, 0.1) is 0 Å². The number of aromatic nitrogens is 2. The minimum absolute atomic E-state index is 0.589. The van der Waals surface area contributed by atoms with Crippen LogP contribution in [0.5, 0.6) is 0 Å². The molecule has 1 heterocycles. The van der Waals surface area contributed by atoms with E-state index < -0.39 is 11.7 Å². The second kappa shape index (κ2) is 3.47. The molecule has 0 saturated carbocycles. The van der Waals surface area contributed by atoms with Gasteiger partial charge in [0.2, 0.25) is 0 Å². The summed E-state index contributed by atoms with van der Waals surface area (Å²) in [6.45, 7) is 3.68. The summed E-state index contributed by atoms with van der Waals surface area (Å²) in [4.78, 5) is 0. The van der Waals surface area contributed by atoms with E-state index in [1.807, 2.05) is 13.8 Å². The van der Waals surface area contributed by atoms with Crippen molar-refractivity contribution in [2.75, 3.05) is 7.11 Å². The summed E-state index contributed by atoms with van der Waals surface area (Å²) in [5.74, 6) is 0. The fourth-order valence-electron chi connectivity index (χ4n) is 1.12. The molecule has 0 fully saturated rings. The SMILES string of the molecule is COC(C)(C)C(O)c1ccnn1C. The van der Waals surface area contributed by atoms with Gasteiger partial charge in [-0.05, 0) is 19.9 Å². The molecule has 0 aliphatic rings. The van der Waals surface area contributed by atoms with Crippen molar-refractivity contribution in [3.63, 3.8) is 0 Å². The van der Waals surface area contributed by atoms with Crippen molar-refractivity contribution in [1.29, 1.82) is 0 Å². The molecule has 1 N–H and O–H groups in total. The van der Waals surface area contributed by atoms with Gasteiger partial charge in [-0.1, -0.05) is 0 Å². The highest BCUT2D eigenvalue weighted by molar-refractivity contribution is 5.08. The molecule has 1 aromatic rings. The molecule has 74 valence electrons. The second-order valence-electron chi connectivity index (χ2n) is 3.59. The molecule has 0 amide bonds. The molecule has 0 aliphatic heterocycles. The van der Waals surface area contributed by atoms with Crippen LogP contribution in [0.2, 0.25) is 0 Å². The molecule has 0 radical (unpaired) electrons. The lowest BCUT2D eigenvalue weighted by Gasteiger charge is -2.28. The maximum atomic E-state index is 9.93. The average molecular weight is 184 g/mol. The number of nitrogens with zero attached hydrogens (tertiary/aromatic N) is 2. The summed E-state index contributed by atoms with van der Waals surface area (Å²) in [5, 5.41) is 13.9. The lowest BCUT2D eigenvalue weighted by molar-refractivity contribution is -0.0823. The molecular formula is C9H16N2O2. The lowest BCUT2D eigenvalue weighted by atomic mass is 9.99. The van der Waals surface area contributed by atoms with Crippen molar-refractivity contribution in [2.24, 2.45) is 7.05 Å². The van der Waals surface area contributed by atoms with Gasteiger partial charge in [0.05, 0.1) is 11.3 Å². The van der Waals surface area contributed by atoms with Crippen molar-refractivity contribution < 1.29 is 9.84 Å². The van der Waals surface area contributed by atoms with Crippen LogP contribution in [0.1, 0.15) is 25.6 Å². The Balaban J connectivity index is 2.91. The number of aryl methyl sites for hydroxylation is 1. The van der Waals surface area contributed by atoms with Crippen LogP contribution in [0.3, 0.4) is 0 Å². The highest BCUT2D eigenvalue weighted by atomic mass is 16.5. The molecule has 0 aliphatic carbocycles. The van der Waals surface area contributed by atoms with Crippen LogP contribution in [0.4, 0.5) is 0 Å². The van der Waals surface area contributed by atoms with Gasteiger partial charge in [0.25, 0.3) is 0 Å². The Morgan fingerprint density at radius 1 is 1.62 bits per heavy atom. The predicted octanol–water partition coefficient (Wildman–Crippen LogP) is 0.879. The Labute approximate surface area is 78.1 Å². The van der Waals surface area contributed by atoms with Crippen LogP contribution in [-0.2, 0) is 11.8 Å². The fourth-order valence-corrected chi connectivity index (χ4v) is 1.12. The van der Waals surface area contributed by atoms with Crippen molar-refractivity contribution >= 4 is 0 Å². The first-order valence-electron chi connectivity index (χ1n) is 4.20. The van der Waals surface area contributed by atoms with E-state index >= 15 is 0 Å². The van der Waals surface area contributed by atoms with Crippen LogP contribution in [-0.4, -0.2) is 27.6 Å². The molecule has 1 atom stereocenters. The number of rotatable bonds is 3. The monoisotopic (exact) mass is 184 g/mol. The van der Waals surface area contributed by atoms with Gasteiger partial charge in [-0.25, -0.2) is 0 Å². The van der Waals surface area contributed by atoms with E-state index in [1.54, 1.807) is 31.1 Å².